The SMILES string of the molecule is Cc1ccc(C#N)cc1NS(=O)(=O)N(C)CCC(=O)O. The van der Waals surface area contributed by atoms with Gasteiger partial charge < -0.3 is 5.11 Å². The standard InChI is InChI=1S/C12H15N3O4S/c1-9-3-4-10(8-13)7-11(9)14-20(18,19)15(2)6-5-12(16)17/h3-4,7,14H,5-6H2,1-2H3,(H,16,17). The predicted octanol–water partition coefficient (Wildman–Crippen LogP) is 0.930. The molecule has 1 aromatic rings. The number of rotatable bonds is 6. The summed E-state index contributed by atoms with van der Waals surface area (Å²) in [7, 11) is -2.56. The van der Waals surface area contributed by atoms with E-state index >= 15 is 0 Å². The Bertz CT molecular complexity index is 649. The van der Waals surface area contributed by atoms with Crippen LogP contribution in [0.4, 0.5) is 5.69 Å². The molecule has 0 heterocycles. The molecule has 0 aliphatic carbocycles. The van der Waals surface area contributed by atoms with Gasteiger partial charge >= 0.3 is 16.2 Å². The van der Waals surface area contributed by atoms with E-state index in [2.05, 4.69) is 4.72 Å². The lowest BCUT2D eigenvalue weighted by atomic mass is 10.1. The fourth-order valence-corrected chi connectivity index (χ4v) is 2.38. The summed E-state index contributed by atoms with van der Waals surface area (Å²) >= 11 is 0. The molecule has 0 aliphatic rings. The van der Waals surface area contributed by atoms with Gasteiger partial charge in [0.15, 0.2) is 0 Å². The predicted molar refractivity (Wildman–Crippen MR) is 73.3 cm³/mol. The van der Waals surface area contributed by atoms with Gasteiger partial charge in [0.2, 0.25) is 0 Å². The Kier molecular flexibility index (Phi) is 5.07. The van der Waals surface area contributed by atoms with E-state index in [0.29, 0.717) is 16.8 Å². The fourth-order valence-electron chi connectivity index (χ4n) is 1.39. The molecular weight excluding hydrogens is 282 g/mol. The molecule has 0 unspecified atom stereocenters. The molecule has 20 heavy (non-hydrogen) atoms. The highest BCUT2D eigenvalue weighted by atomic mass is 32.2. The molecule has 1 aromatic carbocycles. The van der Waals surface area contributed by atoms with Crippen molar-refractivity contribution in [2.45, 2.75) is 13.3 Å². The molecule has 0 bridgehead atoms. The van der Waals surface area contributed by atoms with Gasteiger partial charge in [-0.3, -0.25) is 9.52 Å². The Morgan fingerprint density at radius 3 is 2.70 bits per heavy atom. The molecule has 0 amide bonds. The molecule has 0 spiro atoms. The minimum absolute atomic E-state index is 0.137. The average Bonchev–Trinajstić information content (AvgIpc) is 2.38. The van der Waals surface area contributed by atoms with Crippen LogP contribution in [-0.2, 0) is 15.0 Å². The summed E-state index contributed by atoms with van der Waals surface area (Å²) < 4.78 is 27.3. The first-order valence-electron chi connectivity index (χ1n) is 5.73. The van der Waals surface area contributed by atoms with E-state index in [1.54, 1.807) is 19.1 Å². The largest absolute Gasteiger partial charge is 0.481 e. The van der Waals surface area contributed by atoms with Crippen LogP contribution in [-0.4, -0.2) is 37.4 Å². The van der Waals surface area contributed by atoms with E-state index in [-0.39, 0.29) is 13.0 Å². The van der Waals surface area contributed by atoms with Gasteiger partial charge in [-0.15, -0.1) is 0 Å². The van der Waals surface area contributed by atoms with Crippen LogP contribution >= 0.6 is 0 Å². The maximum absolute atomic E-state index is 12.0. The Morgan fingerprint density at radius 2 is 2.15 bits per heavy atom. The van der Waals surface area contributed by atoms with Gasteiger partial charge in [0.05, 0.1) is 23.7 Å². The van der Waals surface area contributed by atoms with Crippen LogP contribution in [0.3, 0.4) is 0 Å². The molecule has 8 heteroatoms. The van der Waals surface area contributed by atoms with Crippen molar-refractivity contribution in [2.75, 3.05) is 18.3 Å². The van der Waals surface area contributed by atoms with Gasteiger partial charge in [-0.1, -0.05) is 6.07 Å². The highest BCUT2D eigenvalue weighted by Crippen LogP contribution is 2.18. The Labute approximate surface area is 117 Å². The van der Waals surface area contributed by atoms with E-state index in [1.165, 1.54) is 13.1 Å². The summed E-state index contributed by atoms with van der Waals surface area (Å²) in [6, 6.07) is 6.57. The van der Waals surface area contributed by atoms with Crippen LogP contribution in [0.1, 0.15) is 17.5 Å². The lowest BCUT2D eigenvalue weighted by Gasteiger charge is -2.18. The van der Waals surface area contributed by atoms with E-state index in [4.69, 9.17) is 10.4 Å². The maximum Gasteiger partial charge on any atom is 0.304 e. The van der Waals surface area contributed by atoms with Gasteiger partial charge in [-0.05, 0) is 24.6 Å². The number of nitrogens with zero attached hydrogens (tertiary/aromatic N) is 2. The van der Waals surface area contributed by atoms with Crippen LogP contribution in [0.15, 0.2) is 18.2 Å². The summed E-state index contributed by atoms with van der Waals surface area (Å²) in [6.07, 6.45) is -0.283. The van der Waals surface area contributed by atoms with E-state index in [1.807, 2.05) is 6.07 Å². The number of carbonyl (C=O) groups is 1. The topological polar surface area (TPSA) is 111 Å². The minimum Gasteiger partial charge on any atom is -0.481 e. The summed E-state index contributed by atoms with van der Waals surface area (Å²) in [5.41, 5.74) is 1.30. The molecule has 108 valence electrons. The first-order valence-corrected chi connectivity index (χ1v) is 7.17. The summed E-state index contributed by atoms with van der Waals surface area (Å²) in [6.45, 7) is 1.57. The zero-order chi connectivity index (χ0) is 15.3. The molecule has 0 radical (unpaired) electrons. The first kappa shape index (κ1) is 15.9. The molecule has 0 saturated carbocycles. The van der Waals surface area contributed by atoms with Crippen LogP contribution in [0.5, 0.6) is 0 Å². The van der Waals surface area contributed by atoms with Crippen molar-refractivity contribution in [3.05, 3.63) is 29.3 Å². The van der Waals surface area contributed by atoms with Crippen molar-refractivity contribution in [3.63, 3.8) is 0 Å². The van der Waals surface area contributed by atoms with Crippen LogP contribution in [0.25, 0.3) is 0 Å². The summed E-state index contributed by atoms with van der Waals surface area (Å²) in [5.74, 6) is -1.07. The van der Waals surface area contributed by atoms with E-state index < -0.39 is 16.2 Å². The average molecular weight is 297 g/mol. The third-order valence-electron chi connectivity index (χ3n) is 2.66. The number of carboxylic acid groups (broad SMARTS) is 1. The third-order valence-corrected chi connectivity index (χ3v) is 4.14. The zero-order valence-electron chi connectivity index (χ0n) is 11.1. The molecule has 0 atom stereocenters. The monoisotopic (exact) mass is 297 g/mol. The number of benzene rings is 1. The number of anilines is 1. The van der Waals surface area contributed by atoms with Crippen molar-refractivity contribution >= 4 is 21.9 Å². The first-order chi connectivity index (χ1) is 9.26. The van der Waals surface area contributed by atoms with Crippen molar-refractivity contribution in [1.29, 1.82) is 5.26 Å². The van der Waals surface area contributed by atoms with Crippen LogP contribution < -0.4 is 4.72 Å². The molecule has 0 aliphatic heterocycles. The van der Waals surface area contributed by atoms with Gasteiger partial charge in [-0.2, -0.15) is 18.0 Å². The normalized spacial score (nSPS) is 11.1. The van der Waals surface area contributed by atoms with Gasteiger partial charge in [0.25, 0.3) is 0 Å². The summed E-state index contributed by atoms with van der Waals surface area (Å²) in [5, 5.41) is 17.4. The van der Waals surface area contributed by atoms with Gasteiger partial charge in [0, 0.05) is 13.6 Å². The molecule has 7 nitrogen and oxygen atoms in total. The zero-order valence-corrected chi connectivity index (χ0v) is 11.9. The third kappa shape index (κ3) is 4.22. The number of nitrogens with one attached hydrogen (secondary N) is 1. The van der Waals surface area contributed by atoms with Crippen molar-refractivity contribution < 1.29 is 18.3 Å². The van der Waals surface area contributed by atoms with Crippen molar-refractivity contribution in [3.8, 4) is 6.07 Å². The molecular formula is C12H15N3O4S. The van der Waals surface area contributed by atoms with E-state index in [0.717, 1.165) is 4.31 Å². The smallest absolute Gasteiger partial charge is 0.304 e. The number of hydrogen-bond donors (Lipinski definition) is 2. The Hall–Kier alpha value is -2.11. The fraction of sp³-hybridized carbons (Fsp3) is 0.333. The van der Waals surface area contributed by atoms with Gasteiger partial charge in [-0.25, -0.2) is 0 Å². The molecule has 0 aromatic heterocycles. The quantitative estimate of drug-likeness (QED) is 0.811. The number of nitriles is 1. The highest BCUT2D eigenvalue weighted by Gasteiger charge is 2.19. The number of aliphatic carboxylic acids is 1. The van der Waals surface area contributed by atoms with Crippen LogP contribution in [0, 0.1) is 18.3 Å². The maximum atomic E-state index is 12.0. The second-order valence-electron chi connectivity index (χ2n) is 4.21. The molecule has 1 rings (SSSR count). The van der Waals surface area contributed by atoms with Crippen molar-refractivity contribution in [2.24, 2.45) is 0 Å². The lowest BCUT2D eigenvalue weighted by Crippen LogP contribution is -2.34. The van der Waals surface area contributed by atoms with Gasteiger partial charge in [0.1, 0.15) is 0 Å². The Morgan fingerprint density at radius 1 is 1.50 bits per heavy atom. The number of aryl methyl sites for hydroxylation is 1. The second-order valence-corrected chi connectivity index (χ2v) is 5.99. The van der Waals surface area contributed by atoms with Crippen molar-refractivity contribution in [1.82, 2.24) is 4.31 Å². The van der Waals surface area contributed by atoms with Crippen LogP contribution in [0.2, 0.25) is 0 Å². The van der Waals surface area contributed by atoms with E-state index in [9.17, 15) is 13.2 Å². The lowest BCUT2D eigenvalue weighted by molar-refractivity contribution is -0.137. The highest BCUT2D eigenvalue weighted by molar-refractivity contribution is 7.90. The Balaban J connectivity index is 2.91. The molecule has 0 fully saturated rings. The second kappa shape index (κ2) is 6.36. The number of hydrogen-bond acceptors (Lipinski definition) is 4. The molecule has 0 saturated heterocycles. The molecule has 2 N–H and O–H groups in total. The summed E-state index contributed by atoms with van der Waals surface area (Å²) in [4.78, 5) is 10.4. The minimum atomic E-state index is -3.85. The number of carboxylic acids is 1.